The highest BCUT2D eigenvalue weighted by molar-refractivity contribution is 9.10. The summed E-state index contributed by atoms with van der Waals surface area (Å²) in [5, 5.41) is 11.8. The van der Waals surface area contributed by atoms with Gasteiger partial charge in [0, 0.05) is 16.1 Å². The molecule has 6 heteroatoms. The van der Waals surface area contributed by atoms with Gasteiger partial charge in [-0.1, -0.05) is 74.8 Å². The number of benzene rings is 2. The second-order valence-electron chi connectivity index (χ2n) is 8.82. The molecule has 1 amide bonds. The predicted molar refractivity (Wildman–Crippen MR) is 127 cm³/mol. The lowest BCUT2D eigenvalue weighted by atomic mass is 9.87. The Kier molecular flexibility index (Phi) is 8.45. The number of ether oxygens (including phenoxy) is 1. The normalized spacial score (nSPS) is 12.7. The highest BCUT2D eigenvalue weighted by Crippen LogP contribution is 2.26. The Hall–Kier alpha value is -2.60. The van der Waals surface area contributed by atoms with E-state index in [0.717, 1.165) is 10.0 Å². The first-order valence-corrected chi connectivity index (χ1v) is 11.0. The molecule has 0 fully saturated rings. The van der Waals surface area contributed by atoms with Gasteiger partial charge in [-0.15, -0.1) is 0 Å². The molecule has 2 aromatic rings. The summed E-state index contributed by atoms with van der Waals surface area (Å²) in [7, 11) is 0. The lowest BCUT2D eigenvalue weighted by Crippen LogP contribution is -2.43. The van der Waals surface area contributed by atoms with E-state index in [4.69, 9.17) is 4.74 Å². The number of rotatable bonds is 8. The van der Waals surface area contributed by atoms with E-state index < -0.39 is 17.9 Å². The zero-order chi connectivity index (χ0) is 23.2. The molecule has 5 nitrogen and oxygen atoms in total. The van der Waals surface area contributed by atoms with Gasteiger partial charge in [0.15, 0.2) is 0 Å². The van der Waals surface area contributed by atoms with Crippen LogP contribution in [0.4, 0.5) is 0 Å². The predicted octanol–water partition coefficient (Wildman–Crippen LogP) is 5.56. The van der Waals surface area contributed by atoms with Gasteiger partial charge in [0.1, 0.15) is 18.4 Å². The van der Waals surface area contributed by atoms with Gasteiger partial charge >= 0.3 is 5.97 Å². The van der Waals surface area contributed by atoms with Crippen LogP contribution in [0.2, 0.25) is 0 Å². The van der Waals surface area contributed by atoms with Gasteiger partial charge in [-0.2, -0.15) is 0 Å². The van der Waals surface area contributed by atoms with Gasteiger partial charge in [-0.25, -0.2) is 4.79 Å². The van der Waals surface area contributed by atoms with Crippen LogP contribution in [0.15, 0.2) is 53.0 Å². The maximum absolute atomic E-state index is 12.2. The fraction of sp³-hybridized carbons (Fsp3) is 0.360. The molecule has 1 atom stereocenters. The molecule has 31 heavy (non-hydrogen) atoms. The molecule has 0 unspecified atom stereocenters. The minimum absolute atomic E-state index is 0.0961. The molecule has 2 aromatic carbocycles. The molecular formula is C25H30BrNO4. The molecule has 2 rings (SSSR count). The molecule has 0 aliphatic rings. The Morgan fingerprint density at radius 1 is 1.13 bits per heavy atom. The van der Waals surface area contributed by atoms with E-state index in [9.17, 15) is 14.7 Å². The minimum Gasteiger partial charge on any atom is -0.488 e. The number of carbonyl (C=O) groups is 2. The van der Waals surface area contributed by atoms with Gasteiger partial charge in [-0.3, -0.25) is 4.79 Å². The lowest BCUT2D eigenvalue weighted by molar-refractivity contribution is -0.142. The number of halogens is 1. The van der Waals surface area contributed by atoms with Crippen molar-refractivity contribution in [2.75, 3.05) is 0 Å². The number of amides is 1. The van der Waals surface area contributed by atoms with Gasteiger partial charge in [0.2, 0.25) is 5.91 Å². The summed E-state index contributed by atoms with van der Waals surface area (Å²) < 4.78 is 6.84. The summed E-state index contributed by atoms with van der Waals surface area (Å²) in [4.78, 5) is 23.5. The SMILES string of the molecule is CC(C)[C@H](NC(=O)/C=C/c1cc(Br)ccc1OCc1ccc(C(C)(C)C)cc1)C(=O)O. The van der Waals surface area contributed by atoms with Crippen LogP contribution in [-0.2, 0) is 21.6 Å². The second kappa shape index (κ2) is 10.6. The largest absolute Gasteiger partial charge is 0.488 e. The van der Waals surface area contributed by atoms with Crippen LogP contribution < -0.4 is 10.1 Å². The number of hydrogen-bond acceptors (Lipinski definition) is 3. The lowest BCUT2D eigenvalue weighted by Gasteiger charge is -2.19. The summed E-state index contributed by atoms with van der Waals surface area (Å²) in [5.41, 5.74) is 3.12. The summed E-state index contributed by atoms with van der Waals surface area (Å²) in [5.74, 6) is -1.11. The molecule has 0 saturated heterocycles. The molecule has 2 N–H and O–H groups in total. The van der Waals surface area contributed by atoms with Crippen LogP contribution in [0.5, 0.6) is 5.75 Å². The third kappa shape index (κ3) is 7.55. The molecule has 0 saturated carbocycles. The van der Waals surface area contributed by atoms with Crippen LogP contribution in [-0.4, -0.2) is 23.0 Å². The number of aliphatic carboxylic acids is 1. The van der Waals surface area contributed by atoms with Crippen LogP contribution in [0.3, 0.4) is 0 Å². The first-order valence-electron chi connectivity index (χ1n) is 10.2. The second-order valence-corrected chi connectivity index (χ2v) is 9.74. The third-order valence-corrected chi connectivity index (χ3v) is 5.32. The zero-order valence-corrected chi connectivity index (χ0v) is 20.2. The number of nitrogens with one attached hydrogen (secondary N) is 1. The number of hydrogen-bond donors (Lipinski definition) is 2. The topological polar surface area (TPSA) is 75.6 Å². The number of carboxylic acids is 1. The quantitative estimate of drug-likeness (QED) is 0.477. The van der Waals surface area contributed by atoms with Crippen LogP contribution >= 0.6 is 15.9 Å². The highest BCUT2D eigenvalue weighted by Gasteiger charge is 2.22. The number of carboxylic acid groups (broad SMARTS) is 1. The third-order valence-electron chi connectivity index (χ3n) is 4.83. The van der Waals surface area contributed by atoms with E-state index in [1.54, 1.807) is 19.9 Å². The molecule has 0 radical (unpaired) electrons. The molecule has 0 spiro atoms. The Bertz CT molecular complexity index is 943. The van der Waals surface area contributed by atoms with E-state index in [-0.39, 0.29) is 11.3 Å². The monoisotopic (exact) mass is 487 g/mol. The van der Waals surface area contributed by atoms with Crippen molar-refractivity contribution in [3.8, 4) is 5.75 Å². The Morgan fingerprint density at radius 2 is 1.77 bits per heavy atom. The fourth-order valence-corrected chi connectivity index (χ4v) is 3.30. The van der Waals surface area contributed by atoms with Crippen molar-refractivity contribution in [3.05, 3.63) is 69.7 Å². The van der Waals surface area contributed by atoms with Gasteiger partial charge in [0.05, 0.1) is 0 Å². The van der Waals surface area contributed by atoms with Crippen molar-refractivity contribution in [2.24, 2.45) is 5.92 Å². The molecule has 0 aliphatic heterocycles. The van der Waals surface area contributed by atoms with Gasteiger partial charge in [0.25, 0.3) is 0 Å². The number of carbonyl (C=O) groups excluding carboxylic acids is 1. The van der Waals surface area contributed by atoms with Gasteiger partial charge < -0.3 is 15.2 Å². The molecule has 0 aromatic heterocycles. The highest BCUT2D eigenvalue weighted by atomic mass is 79.9. The Balaban J connectivity index is 2.10. The maximum Gasteiger partial charge on any atom is 0.326 e. The summed E-state index contributed by atoms with van der Waals surface area (Å²) >= 11 is 3.44. The van der Waals surface area contributed by atoms with E-state index >= 15 is 0 Å². The van der Waals surface area contributed by atoms with E-state index in [1.807, 2.05) is 18.2 Å². The van der Waals surface area contributed by atoms with Crippen LogP contribution in [0, 0.1) is 5.92 Å². The first kappa shape index (κ1) is 24.7. The van der Waals surface area contributed by atoms with E-state index in [0.29, 0.717) is 17.9 Å². The van der Waals surface area contributed by atoms with Crippen molar-refractivity contribution in [1.29, 1.82) is 0 Å². The average Bonchev–Trinajstić information content (AvgIpc) is 2.69. The van der Waals surface area contributed by atoms with Crippen molar-refractivity contribution in [3.63, 3.8) is 0 Å². The average molecular weight is 488 g/mol. The maximum atomic E-state index is 12.2. The van der Waals surface area contributed by atoms with Gasteiger partial charge in [-0.05, 0) is 46.7 Å². The fourth-order valence-electron chi connectivity index (χ4n) is 2.92. The molecule has 0 bridgehead atoms. The Labute approximate surface area is 192 Å². The zero-order valence-electron chi connectivity index (χ0n) is 18.6. The molecular weight excluding hydrogens is 458 g/mol. The van der Waals surface area contributed by atoms with Crippen molar-refractivity contribution in [1.82, 2.24) is 5.32 Å². The van der Waals surface area contributed by atoms with Crippen molar-refractivity contribution in [2.45, 2.75) is 52.7 Å². The minimum atomic E-state index is -1.05. The Morgan fingerprint density at radius 3 is 2.32 bits per heavy atom. The van der Waals surface area contributed by atoms with E-state index in [1.165, 1.54) is 11.6 Å². The molecule has 0 heterocycles. The van der Waals surface area contributed by atoms with Crippen molar-refractivity contribution >= 4 is 33.9 Å². The molecule has 166 valence electrons. The summed E-state index contributed by atoms with van der Waals surface area (Å²) in [6.45, 7) is 10.4. The summed E-state index contributed by atoms with van der Waals surface area (Å²) in [6.07, 6.45) is 2.95. The van der Waals surface area contributed by atoms with Crippen LogP contribution in [0.1, 0.15) is 51.3 Å². The first-order chi connectivity index (χ1) is 14.5. The van der Waals surface area contributed by atoms with Crippen molar-refractivity contribution < 1.29 is 19.4 Å². The summed E-state index contributed by atoms with van der Waals surface area (Å²) in [6, 6.07) is 12.9. The molecule has 0 aliphatic carbocycles. The standard InChI is InChI=1S/C25H30BrNO4/c1-16(2)23(24(29)30)27-22(28)13-8-18-14-20(26)11-12-21(18)31-15-17-6-9-19(10-7-17)25(3,4)5/h6-14,16,23H,15H2,1-5H3,(H,27,28)(H,29,30)/b13-8+/t23-/m0/s1. The van der Waals surface area contributed by atoms with E-state index in [2.05, 4.69) is 66.3 Å². The smallest absolute Gasteiger partial charge is 0.326 e. The van der Waals surface area contributed by atoms with Crippen LogP contribution in [0.25, 0.3) is 6.08 Å².